The molecule has 0 bridgehead atoms. The van der Waals surface area contributed by atoms with Gasteiger partial charge in [0.05, 0.1) is 11.1 Å². The van der Waals surface area contributed by atoms with E-state index < -0.39 is 8.32 Å². The highest BCUT2D eigenvalue weighted by atomic mass is 28.4. The van der Waals surface area contributed by atoms with Crippen LogP contribution in [0.2, 0.25) is 18.1 Å². The van der Waals surface area contributed by atoms with Crippen LogP contribution in [0.3, 0.4) is 0 Å². The fraction of sp³-hybridized carbons (Fsp3) is 0.931. The molecule has 5 rings (SSSR count). The van der Waals surface area contributed by atoms with Crippen LogP contribution in [0.1, 0.15) is 91.9 Å². The molecule has 4 aliphatic carbocycles. The van der Waals surface area contributed by atoms with Crippen LogP contribution in [0, 0.1) is 34.5 Å². The van der Waals surface area contributed by atoms with E-state index in [0.717, 1.165) is 44.0 Å². The molecule has 1 heterocycles. The first-order valence-electron chi connectivity index (χ1n) is 14.6. The van der Waals surface area contributed by atoms with Gasteiger partial charge in [0.25, 0.3) is 0 Å². The Morgan fingerprint density at radius 1 is 1.09 bits per heavy atom. The summed E-state index contributed by atoms with van der Waals surface area (Å²) in [5.74, 6) is 2.74. The Balaban J connectivity index is 1.43. The predicted molar refractivity (Wildman–Crippen MR) is 144 cm³/mol. The lowest BCUT2D eigenvalue weighted by Gasteiger charge is -2.60. The fourth-order valence-electron chi connectivity index (χ4n) is 8.46. The third-order valence-corrected chi connectivity index (χ3v) is 16.1. The van der Waals surface area contributed by atoms with Crippen LogP contribution in [-0.2, 0) is 14.1 Å². The standard InChI is InChI=1S/C29H50N2O3Si/c1-27(2,3)35(5,6)33-19-29-20(16-21(17-26(29)32)31-34-22-12-15-30-18-22)9-10-23-24-8-7-13-28(24,4)14-11-25(23)29/h20,22-25,30H,7-19H2,1-6H3/t20-,22-,23?,24?,25?,28-,29+/m0/s1. The van der Waals surface area contributed by atoms with E-state index in [-0.39, 0.29) is 16.6 Å². The monoisotopic (exact) mass is 502 g/mol. The zero-order valence-electron chi connectivity index (χ0n) is 23.3. The highest BCUT2D eigenvalue weighted by Crippen LogP contribution is 2.65. The molecular formula is C29H50N2O3Si. The molecule has 7 atom stereocenters. The van der Waals surface area contributed by atoms with Gasteiger partial charge in [-0.2, -0.15) is 0 Å². The molecule has 0 spiro atoms. The van der Waals surface area contributed by atoms with Crippen LogP contribution in [0.5, 0.6) is 0 Å². The van der Waals surface area contributed by atoms with Crippen LogP contribution in [0.15, 0.2) is 5.16 Å². The molecule has 5 fully saturated rings. The van der Waals surface area contributed by atoms with Crippen molar-refractivity contribution in [3.63, 3.8) is 0 Å². The summed E-state index contributed by atoms with van der Waals surface area (Å²) >= 11 is 0. The van der Waals surface area contributed by atoms with Gasteiger partial charge in [-0.15, -0.1) is 0 Å². The highest BCUT2D eigenvalue weighted by Gasteiger charge is 2.63. The van der Waals surface area contributed by atoms with Gasteiger partial charge in [-0.25, -0.2) is 0 Å². The average molecular weight is 503 g/mol. The molecule has 0 aromatic heterocycles. The molecule has 0 aromatic carbocycles. The molecule has 35 heavy (non-hydrogen) atoms. The molecule has 3 unspecified atom stereocenters. The first kappa shape index (κ1) is 25.9. The SMILES string of the molecule is CC(C)(C)[Si](C)(C)OC[C@@]12C(=O)CC(=NO[C@H]3CCNC3)C[C@@H]1CCC1C3CCC[C@@]3(C)CCC12. The van der Waals surface area contributed by atoms with Gasteiger partial charge in [0, 0.05) is 26.0 Å². The summed E-state index contributed by atoms with van der Waals surface area (Å²) < 4.78 is 6.96. The van der Waals surface area contributed by atoms with Crippen LogP contribution in [-0.4, -0.2) is 45.6 Å². The lowest BCUT2D eigenvalue weighted by Crippen LogP contribution is -2.61. The Bertz CT molecular complexity index is 845. The molecule has 1 saturated heterocycles. The number of rotatable bonds is 5. The first-order chi connectivity index (χ1) is 16.5. The number of oxime groups is 1. The summed E-state index contributed by atoms with van der Waals surface area (Å²) in [6, 6.07) is 0. The summed E-state index contributed by atoms with van der Waals surface area (Å²) in [6.45, 7) is 16.7. The number of carbonyl (C=O) groups excluding carboxylic acids is 1. The fourth-order valence-corrected chi connectivity index (χ4v) is 9.49. The van der Waals surface area contributed by atoms with Crippen molar-refractivity contribution in [2.24, 2.45) is 39.7 Å². The van der Waals surface area contributed by atoms with Crippen molar-refractivity contribution in [1.82, 2.24) is 5.32 Å². The molecule has 5 nitrogen and oxygen atoms in total. The van der Waals surface area contributed by atoms with Gasteiger partial charge >= 0.3 is 0 Å². The number of carbonyl (C=O) groups is 1. The van der Waals surface area contributed by atoms with Crippen molar-refractivity contribution >= 4 is 19.8 Å². The van der Waals surface area contributed by atoms with Crippen molar-refractivity contribution in [2.45, 2.75) is 116 Å². The Morgan fingerprint density at radius 2 is 1.89 bits per heavy atom. The van der Waals surface area contributed by atoms with E-state index in [1.54, 1.807) is 0 Å². The van der Waals surface area contributed by atoms with Crippen molar-refractivity contribution in [1.29, 1.82) is 0 Å². The zero-order valence-corrected chi connectivity index (χ0v) is 24.3. The molecule has 198 valence electrons. The maximum Gasteiger partial charge on any atom is 0.192 e. The lowest BCUT2D eigenvalue weighted by atomic mass is 9.44. The average Bonchev–Trinajstić information content (AvgIpc) is 3.45. The second-order valence-corrected chi connectivity index (χ2v) is 19.3. The minimum Gasteiger partial charge on any atom is -0.416 e. The van der Waals surface area contributed by atoms with Crippen LogP contribution in [0.4, 0.5) is 0 Å². The van der Waals surface area contributed by atoms with Crippen molar-refractivity contribution in [3.8, 4) is 0 Å². The Kier molecular flexibility index (Phi) is 6.83. The number of Topliss-reactive ketones (excluding diaryl/α,β-unsaturated/α-hetero) is 1. The predicted octanol–water partition coefficient (Wildman–Crippen LogP) is 6.33. The molecule has 6 heteroatoms. The van der Waals surface area contributed by atoms with Gasteiger partial charge in [0.15, 0.2) is 8.32 Å². The summed E-state index contributed by atoms with van der Waals surface area (Å²) in [7, 11) is -1.96. The van der Waals surface area contributed by atoms with E-state index in [4.69, 9.17) is 9.26 Å². The Labute approximate surface area is 214 Å². The van der Waals surface area contributed by atoms with Crippen molar-refractivity contribution in [2.75, 3.05) is 19.7 Å². The van der Waals surface area contributed by atoms with Crippen molar-refractivity contribution in [3.05, 3.63) is 0 Å². The topological polar surface area (TPSA) is 59.9 Å². The third kappa shape index (κ3) is 4.48. The van der Waals surface area contributed by atoms with E-state index in [1.165, 1.54) is 38.5 Å². The smallest absolute Gasteiger partial charge is 0.192 e. The van der Waals surface area contributed by atoms with Gasteiger partial charge in [-0.05, 0) is 98.7 Å². The second kappa shape index (κ2) is 9.23. The normalized spacial score (nSPS) is 43.1. The Hall–Kier alpha value is -0.723. The van der Waals surface area contributed by atoms with E-state index in [0.29, 0.717) is 42.0 Å². The first-order valence-corrected chi connectivity index (χ1v) is 17.5. The highest BCUT2D eigenvalue weighted by molar-refractivity contribution is 6.74. The quantitative estimate of drug-likeness (QED) is 0.352. The third-order valence-electron chi connectivity index (χ3n) is 11.6. The number of nitrogens with zero attached hydrogens (tertiary/aromatic N) is 1. The maximum atomic E-state index is 14.3. The summed E-state index contributed by atoms with van der Waals surface area (Å²) in [4.78, 5) is 20.2. The van der Waals surface area contributed by atoms with Gasteiger partial charge in [-0.1, -0.05) is 39.3 Å². The van der Waals surface area contributed by atoms with Gasteiger partial charge in [0.1, 0.15) is 11.9 Å². The van der Waals surface area contributed by atoms with Crippen molar-refractivity contribution < 1.29 is 14.1 Å². The second-order valence-electron chi connectivity index (χ2n) is 14.5. The molecule has 5 aliphatic rings. The molecular weight excluding hydrogens is 452 g/mol. The maximum absolute atomic E-state index is 14.3. The minimum atomic E-state index is -1.96. The summed E-state index contributed by atoms with van der Waals surface area (Å²) in [6.07, 6.45) is 11.6. The van der Waals surface area contributed by atoms with Gasteiger partial charge in [0.2, 0.25) is 0 Å². The van der Waals surface area contributed by atoms with Gasteiger partial charge in [-0.3, -0.25) is 4.79 Å². The largest absolute Gasteiger partial charge is 0.416 e. The lowest BCUT2D eigenvalue weighted by molar-refractivity contribution is -0.159. The molecule has 4 saturated carbocycles. The van der Waals surface area contributed by atoms with E-state index in [2.05, 4.69) is 51.3 Å². The number of nitrogens with one attached hydrogen (secondary N) is 1. The molecule has 1 N–H and O–H groups in total. The summed E-state index contributed by atoms with van der Waals surface area (Å²) in [5.41, 5.74) is 1.16. The minimum absolute atomic E-state index is 0.150. The molecule has 0 radical (unpaired) electrons. The zero-order chi connectivity index (χ0) is 25.1. The molecule has 0 amide bonds. The number of hydrogen-bond acceptors (Lipinski definition) is 5. The van der Waals surface area contributed by atoms with E-state index >= 15 is 0 Å². The number of fused-ring (bicyclic) bond motifs is 5. The van der Waals surface area contributed by atoms with Gasteiger partial charge < -0.3 is 14.6 Å². The number of ketones is 1. The van der Waals surface area contributed by atoms with E-state index in [1.807, 2.05) is 0 Å². The summed E-state index contributed by atoms with van der Waals surface area (Å²) in [5, 5.41) is 8.07. The molecule has 0 aromatic rings. The van der Waals surface area contributed by atoms with E-state index in [9.17, 15) is 4.79 Å². The molecule has 1 aliphatic heterocycles. The van der Waals surface area contributed by atoms with Crippen LogP contribution in [0.25, 0.3) is 0 Å². The Morgan fingerprint density at radius 3 is 2.60 bits per heavy atom. The van der Waals surface area contributed by atoms with Crippen LogP contribution < -0.4 is 5.32 Å². The number of hydrogen-bond donors (Lipinski definition) is 1. The van der Waals surface area contributed by atoms with Crippen LogP contribution >= 0.6 is 0 Å².